The van der Waals surface area contributed by atoms with Crippen molar-refractivity contribution in [1.82, 2.24) is 10.0 Å². The fraction of sp³-hybridized carbons (Fsp3) is 0.500. The first-order chi connectivity index (χ1) is 9.03. The summed E-state index contributed by atoms with van der Waals surface area (Å²) in [4.78, 5) is 0.0105. The minimum Gasteiger partial charge on any atom is -0.494 e. The lowest BCUT2D eigenvalue weighted by Gasteiger charge is -2.23. The van der Waals surface area contributed by atoms with Gasteiger partial charge in [-0.15, -0.1) is 12.4 Å². The molecule has 20 heavy (non-hydrogen) atoms. The quantitative estimate of drug-likeness (QED) is 0.875. The summed E-state index contributed by atoms with van der Waals surface area (Å²) in [7, 11) is -2.35. The molecule has 1 heterocycles. The molecule has 0 radical (unpaired) electrons. The lowest BCUT2D eigenvalue weighted by atomic mass is 10.1. The van der Waals surface area contributed by atoms with Crippen molar-refractivity contribution >= 4 is 22.4 Å². The van der Waals surface area contributed by atoms with E-state index in [0.29, 0.717) is 6.54 Å². The molecule has 1 atom stereocenters. The molecule has 1 aliphatic heterocycles. The first-order valence-corrected chi connectivity index (χ1v) is 7.58. The van der Waals surface area contributed by atoms with Crippen molar-refractivity contribution in [2.45, 2.75) is 23.8 Å². The molecule has 1 unspecified atom stereocenters. The van der Waals surface area contributed by atoms with Crippen LogP contribution in [-0.4, -0.2) is 34.7 Å². The van der Waals surface area contributed by atoms with E-state index in [-0.39, 0.29) is 29.1 Å². The van der Waals surface area contributed by atoms with Gasteiger partial charge in [0.25, 0.3) is 0 Å². The molecule has 2 rings (SSSR count). The van der Waals surface area contributed by atoms with Crippen molar-refractivity contribution in [1.29, 1.82) is 0 Å². The van der Waals surface area contributed by atoms with Gasteiger partial charge in [-0.2, -0.15) is 0 Å². The fourth-order valence-corrected chi connectivity index (χ4v) is 3.33. The summed E-state index contributed by atoms with van der Waals surface area (Å²) >= 11 is 0. The van der Waals surface area contributed by atoms with E-state index < -0.39 is 15.8 Å². The van der Waals surface area contributed by atoms with Crippen LogP contribution in [0.5, 0.6) is 5.75 Å². The van der Waals surface area contributed by atoms with Gasteiger partial charge in [-0.3, -0.25) is 0 Å². The third-order valence-corrected chi connectivity index (χ3v) is 4.57. The number of piperidine rings is 1. The Labute approximate surface area is 124 Å². The number of sulfonamides is 1. The highest BCUT2D eigenvalue weighted by molar-refractivity contribution is 7.89. The van der Waals surface area contributed by atoms with Crippen LogP contribution in [0.3, 0.4) is 0 Å². The van der Waals surface area contributed by atoms with E-state index in [0.717, 1.165) is 25.5 Å². The second-order valence-electron chi connectivity index (χ2n) is 4.46. The maximum Gasteiger partial charge on any atom is 0.241 e. The molecule has 0 aliphatic carbocycles. The van der Waals surface area contributed by atoms with Gasteiger partial charge in [-0.25, -0.2) is 17.5 Å². The van der Waals surface area contributed by atoms with Crippen LogP contribution in [0.4, 0.5) is 4.39 Å². The van der Waals surface area contributed by atoms with Crippen LogP contribution in [-0.2, 0) is 10.0 Å². The van der Waals surface area contributed by atoms with Crippen molar-refractivity contribution in [2.24, 2.45) is 0 Å². The Hall–Kier alpha value is -0.890. The number of hydrogen-bond donors (Lipinski definition) is 2. The van der Waals surface area contributed by atoms with Crippen molar-refractivity contribution < 1.29 is 17.5 Å². The monoisotopic (exact) mass is 324 g/mol. The first kappa shape index (κ1) is 17.2. The van der Waals surface area contributed by atoms with Crippen LogP contribution in [0.25, 0.3) is 0 Å². The Morgan fingerprint density at radius 1 is 1.45 bits per heavy atom. The summed E-state index contributed by atoms with van der Waals surface area (Å²) in [5.41, 5.74) is 0. The topological polar surface area (TPSA) is 67.4 Å². The highest BCUT2D eigenvalue weighted by atomic mass is 35.5. The van der Waals surface area contributed by atoms with E-state index in [2.05, 4.69) is 10.0 Å². The zero-order valence-corrected chi connectivity index (χ0v) is 12.7. The predicted octanol–water partition coefficient (Wildman–Crippen LogP) is 1.29. The maximum atomic E-state index is 13.3. The van der Waals surface area contributed by atoms with Crippen molar-refractivity contribution in [3.63, 3.8) is 0 Å². The molecular formula is C12H18ClFN2O3S. The van der Waals surface area contributed by atoms with E-state index in [1.54, 1.807) is 0 Å². The Bertz CT molecular complexity index is 548. The molecule has 8 heteroatoms. The SMILES string of the molecule is COc1cc(S(=O)(=O)NC2CCCNC2)ccc1F.Cl. The summed E-state index contributed by atoms with van der Waals surface area (Å²) in [6.45, 7) is 1.51. The second kappa shape index (κ2) is 7.21. The minimum absolute atomic E-state index is 0. The lowest BCUT2D eigenvalue weighted by molar-refractivity contribution is 0.384. The zero-order chi connectivity index (χ0) is 13.9. The van der Waals surface area contributed by atoms with Crippen LogP contribution >= 0.6 is 12.4 Å². The fourth-order valence-electron chi connectivity index (χ4n) is 2.05. The van der Waals surface area contributed by atoms with Gasteiger partial charge < -0.3 is 10.1 Å². The molecule has 1 aromatic rings. The summed E-state index contributed by atoms with van der Waals surface area (Å²) in [5, 5.41) is 3.13. The molecule has 1 aliphatic rings. The van der Waals surface area contributed by atoms with Crippen molar-refractivity contribution in [3.05, 3.63) is 24.0 Å². The average molecular weight is 325 g/mol. The summed E-state index contributed by atoms with van der Waals surface area (Å²) in [6, 6.07) is 3.38. The van der Waals surface area contributed by atoms with Gasteiger partial charge in [-0.05, 0) is 31.5 Å². The standard InChI is InChI=1S/C12H17FN2O3S.ClH/c1-18-12-7-10(4-5-11(12)13)19(16,17)15-9-3-2-6-14-8-9;/h4-5,7,9,14-15H,2-3,6,8H2,1H3;1H. The average Bonchev–Trinajstić information content (AvgIpc) is 2.39. The van der Waals surface area contributed by atoms with E-state index in [9.17, 15) is 12.8 Å². The highest BCUT2D eigenvalue weighted by Gasteiger charge is 2.22. The number of hydrogen-bond acceptors (Lipinski definition) is 4. The Balaban J connectivity index is 0.00000200. The Morgan fingerprint density at radius 3 is 2.80 bits per heavy atom. The molecule has 1 aromatic carbocycles. The molecular weight excluding hydrogens is 307 g/mol. The van der Waals surface area contributed by atoms with Gasteiger partial charge in [0.15, 0.2) is 11.6 Å². The van der Waals surface area contributed by atoms with E-state index in [1.165, 1.54) is 19.2 Å². The summed E-state index contributed by atoms with van der Waals surface area (Å²) in [5.74, 6) is -0.662. The molecule has 1 fully saturated rings. The molecule has 0 spiro atoms. The Morgan fingerprint density at radius 2 is 2.20 bits per heavy atom. The first-order valence-electron chi connectivity index (χ1n) is 6.09. The number of ether oxygens (including phenoxy) is 1. The largest absolute Gasteiger partial charge is 0.494 e. The highest BCUT2D eigenvalue weighted by Crippen LogP contribution is 2.21. The van der Waals surface area contributed by atoms with Gasteiger partial charge in [0.05, 0.1) is 12.0 Å². The molecule has 114 valence electrons. The maximum absolute atomic E-state index is 13.3. The van der Waals surface area contributed by atoms with Gasteiger partial charge in [-0.1, -0.05) is 0 Å². The molecule has 0 amide bonds. The summed E-state index contributed by atoms with van der Waals surface area (Å²) in [6.07, 6.45) is 1.73. The van der Waals surface area contributed by atoms with Gasteiger partial charge in [0.1, 0.15) is 0 Å². The van der Waals surface area contributed by atoms with Crippen LogP contribution in [0, 0.1) is 5.82 Å². The van der Waals surface area contributed by atoms with Crippen LogP contribution in [0.1, 0.15) is 12.8 Å². The number of benzene rings is 1. The Kier molecular flexibility index (Phi) is 6.19. The third-order valence-electron chi connectivity index (χ3n) is 3.05. The van der Waals surface area contributed by atoms with Crippen LogP contribution in [0.2, 0.25) is 0 Å². The van der Waals surface area contributed by atoms with Gasteiger partial charge >= 0.3 is 0 Å². The molecule has 0 bridgehead atoms. The van der Waals surface area contributed by atoms with E-state index >= 15 is 0 Å². The van der Waals surface area contributed by atoms with Crippen molar-refractivity contribution in [3.8, 4) is 5.75 Å². The lowest BCUT2D eigenvalue weighted by Crippen LogP contribution is -2.45. The number of halogens is 2. The van der Waals surface area contributed by atoms with E-state index in [1.807, 2.05) is 0 Å². The molecule has 1 saturated heterocycles. The number of rotatable bonds is 4. The third kappa shape index (κ3) is 4.05. The number of methoxy groups -OCH3 is 1. The van der Waals surface area contributed by atoms with Crippen molar-refractivity contribution in [2.75, 3.05) is 20.2 Å². The molecule has 0 saturated carbocycles. The van der Waals surface area contributed by atoms with Gasteiger partial charge in [0, 0.05) is 18.7 Å². The smallest absolute Gasteiger partial charge is 0.241 e. The normalized spacial score (nSPS) is 19.2. The molecule has 0 aromatic heterocycles. The summed E-state index contributed by atoms with van der Waals surface area (Å²) < 4.78 is 45.0. The molecule has 5 nitrogen and oxygen atoms in total. The number of nitrogens with one attached hydrogen (secondary N) is 2. The predicted molar refractivity (Wildman–Crippen MR) is 76.4 cm³/mol. The minimum atomic E-state index is -3.65. The van der Waals surface area contributed by atoms with Crippen LogP contribution in [0.15, 0.2) is 23.1 Å². The second-order valence-corrected chi connectivity index (χ2v) is 6.17. The van der Waals surface area contributed by atoms with E-state index in [4.69, 9.17) is 4.74 Å². The zero-order valence-electron chi connectivity index (χ0n) is 11.1. The molecule has 2 N–H and O–H groups in total. The van der Waals surface area contributed by atoms with Gasteiger partial charge in [0.2, 0.25) is 10.0 Å². The van der Waals surface area contributed by atoms with Crippen LogP contribution < -0.4 is 14.8 Å².